The fourth-order valence-corrected chi connectivity index (χ4v) is 4.75. The van der Waals surface area contributed by atoms with Crippen molar-refractivity contribution in [3.05, 3.63) is 77.4 Å². The average Bonchev–Trinajstić information content (AvgIpc) is 2.93. The van der Waals surface area contributed by atoms with Crippen molar-refractivity contribution in [2.75, 3.05) is 55.7 Å². The van der Waals surface area contributed by atoms with E-state index in [1.165, 1.54) is 0 Å². The summed E-state index contributed by atoms with van der Waals surface area (Å²) in [5.74, 6) is 0.694. The Kier molecular flexibility index (Phi) is 8.65. The fourth-order valence-electron chi connectivity index (χ4n) is 4.75. The van der Waals surface area contributed by atoms with Crippen LogP contribution in [0.4, 0.5) is 11.4 Å². The van der Waals surface area contributed by atoms with Crippen LogP contribution in [0.2, 0.25) is 0 Å². The minimum Gasteiger partial charge on any atom is -0.493 e. The number of para-hydroxylation sites is 1. The van der Waals surface area contributed by atoms with Crippen LogP contribution in [0.15, 0.2) is 60.7 Å². The summed E-state index contributed by atoms with van der Waals surface area (Å²) in [5, 5.41) is 12.6. The van der Waals surface area contributed by atoms with Crippen LogP contribution in [0.3, 0.4) is 0 Å². The Hall–Kier alpha value is -4.02. The van der Waals surface area contributed by atoms with Gasteiger partial charge >= 0.3 is 0 Å². The van der Waals surface area contributed by atoms with Gasteiger partial charge in [0.1, 0.15) is 11.8 Å². The van der Waals surface area contributed by atoms with Crippen LogP contribution in [-0.4, -0.2) is 51.8 Å². The summed E-state index contributed by atoms with van der Waals surface area (Å²) in [7, 11) is 0. The zero-order valence-corrected chi connectivity index (χ0v) is 21.7. The van der Waals surface area contributed by atoms with Crippen molar-refractivity contribution in [1.29, 1.82) is 5.26 Å². The van der Waals surface area contributed by atoms with E-state index in [9.17, 15) is 10.1 Å². The van der Waals surface area contributed by atoms with Crippen LogP contribution >= 0.6 is 0 Å². The molecule has 7 nitrogen and oxygen atoms in total. The van der Waals surface area contributed by atoms with Gasteiger partial charge in [-0.25, -0.2) is 0 Å². The molecule has 37 heavy (non-hydrogen) atoms. The molecule has 3 N–H and O–H groups in total. The van der Waals surface area contributed by atoms with E-state index in [2.05, 4.69) is 27.3 Å². The van der Waals surface area contributed by atoms with Crippen LogP contribution < -0.4 is 25.6 Å². The molecule has 0 bridgehead atoms. The number of rotatable bonds is 9. The third kappa shape index (κ3) is 6.04. The second-order valence-electron chi connectivity index (χ2n) is 9.17. The molecular formula is C30H35N5O2. The van der Waals surface area contributed by atoms with Crippen molar-refractivity contribution in [3.8, 4) is 22.9 Å². The number of nitrogens with one attached hydrogen (secondary N) is 1. The molecule has 1 amide bonds. The molecule has 3 aromatic carbocycles. The second kappa shape index (κ2) is 12.3. The Balaban J connectivity index is 1.61. The lowest BCUT2D eigenvalue weighted by atomic mass is 9.99. The molecule has 0 radical (unpaired) electrons. The van der Waals surface area contributed by atoms with Crippen LogP contribution in [0.5, 0.6) is 5.75 Å². The highest BCUT2D eigenvalue weighted by Crippen LogP contribution is 2.34. The molecule has 3 aromatic rings. The molecule has 4 rings (SSSR count). The number of piperazine rings is 1. The molecule has 0 unspecified atom stereocenters. The zero-order valence-electron chi connectivity index (χ0n) is 21.7. The Morgan fingerprint density at radius 1 is 1.03 bits per heavy atom. The van der Waals surface area contributed by atoms with Gasteiger partial charge in [-0.3, -0.25) is 4.79 Å². The topological polar surface area (TPSA) is 94.6 Å². The molecule has 0 aliphatic carbocycles. The Bertz CT molecular complexity index is 1280. The van der Waals surface area contributed by atoms with Gasteiger partial charge in [0.25, 0.3) is 5.91 Å². The summed E-state index contributed by atoms with van der Waals surface area (Å²) in [6, 6.07) is 22.3. The summed E-state index contributed by atoms with van der Waals surface area (Å²) < 4.78 is 5.84. The van der Waals surface area contributed by atoms with Gasteiger partial charge in [-0.1, -0.05) is 30.3 Å². The molecule has 0 spiro atoms. The number of anilines is 2. The molecule has 0 atom stereocenters. The van der Waals surface area contributed by atoms with Gasteiger partial charge in [0, 0.05) is 44.0 Å². The Morgan fingerprint density at radius 2 is 1.73 bits per heavy atom. The van der Waals surface area contributed by atoms with E-state index in [4.69, 9.17) is 10.5 Å². The molecular weight excluding hydrogens is 462 g/mol. The number of nitrogens with two attached hydrogens (primary N) is 1. The van der Waals surface area contributed by atoms with E-state index >= 15 is 0 Å². The number of hydrogen-bond donors (Lipinski definition) is 2. The predicted molar refractivity (Wildman–Crippen MR) is 149 cm³/mol. The number of hydrogen-bond acceptors (Lipinski definition) is 6. The molecule has 192 valence electrons. The van der Waals surface area contributed by atoms with Gasteiger partial charge < -0.3 is 25.6 Å². The van der Waals surface area contributed by atoms with Crippen molar-refractivity contribution >= 4 is 17.3 Å². The first-order valence-corrected chi connectivity index (χ1v) is 12.9. The lowest BCUT2D eigenvalue weighted by molar-refractivity contribution is 0.0954. The van der Waals surface area contributed by atoms with Crippen molar-refractivity contribution < 1.29 is 9.53 Å². The maximum atomic E-state index is 13.3. The molecule has 1 saturated heterocycles. The molecule has 1 fully saturated rings. The number of aryl methyl sites for hydroxylation is 1. The lowest BCUT2D eigenvalue weighted by Gasteiger charge is -2.38. The maximum absolute atomic E-state index is 13.3. The third-order valence-electron chi connectivity index (χ3n) is 6.64. The molecule has 1 aliphatic rings. The van der Waals surface area contributed by atoms with Gasteiger partial charge in [-0.15, -0.1) is 0 Å². The lowest BCUT2D eigenvalue weighted by Crippen LogP contribution is -2.47. The second-order valence-corrected chi connectivity index (χ2v) is 9.17. The zero-order chi connectivity index (χ0) is 26.2. The van der Waals surface area contributed by atoms with Gasteiger partial charge in [0.15, 0.2) is 0 Å². The number of benzene rings is 3. The largest absolute Gasteiger partial charge is 0.493 e. The van der Waals surface area contributed by atoms with Crippen LogP contribution in [-0.2, 0) is 0 Å². The molecule has 0 aromatic heterocycles. The number of amides is 1. The standard InChI is InChI=1S/C30H35N5O2/c1-3-37-29-8-5-4-7-25(29)23-10-12-28(26(20-23)30(36)33-14-6-13-31)35-17-15-34(16-18-35)27-11-9-22(2)19-24(27)21-32/h4-5,7-12,19-20H,3,6,13-18,31H2,1-2H3,(H,33,36). The Morgan fingerprint density at radius 3 is 2.43 bits per heavy atom. The third-order valence-corrected chi connectivity index (χ3v) is 6.64. The van der Waals surface area contributed by atoms with E-state index in [-0.39, 0.29) is 5.91 Å². The van der Waals surface area contributed by atoms with E-state index in [1.54, 1.807) is 0 Å². The molecule has 7 heteroatoms. The van der Waals surface area contributed by atoms with E-state index in [0.29, 0.717) is 30.8 Å². The molecule has 0 saturated carbocycles. The molecule has 1 heterocycles. The van der Waals surface area contributed by atoms with Crippen LogP contribution in [0.25, 0.3) is 11.1 Å². The quantitative estimate of drug-likeness (QED) is 0.427. The smallest absolute Gasteiger partial charge is 0.253 e. The SMILES string of the molecule is CCOc1ccccc1-c1ccc(N2CCN(c3ccc(C)cc3C#N)CC2)c(C(=O)NCCCN)c1. The average molecular weight is 498 g/mol. The van der Waals surface area contributed by atoms with Crippen molar-refractivity contribution in [2.45, 2.75) is 20.3 Å². The van der Waals surface area contributed by atoms with E-state index in [1.807, 2.05) is 68.4 Å². The summed E-state index contributed by atoms with van der Waals surface area (Å²) in [6.07, 6.45) is 0.727. The van der Waals surface area contributed by atoms with Gasteiger partial charge in [-0.05, 0) is 68.3 Å². The van der Waals surface area contributed by atoms with Gasteiger partial charge in [-0.2, -0.15) is 5.26 Å². The van der Waals surface area contributed by atoms with Gasteiger partial charge in [0.05, 0.1) is 23.4 Å². The first-order valence-electron chi connectivity index (χ1n) is 12.9. The number of carbonyl (C=O) groups is 1. The first kappa shape index (κ1) is 26.1. The minimum absolute atomic E-state index is 0.105. The summed E-state index contributed by atoms with van der Waals surface area (Å²) in [4.78, 5) is 17.8. The number of ether oxygens (including phenoxy) is 1. The molecule has 1 aliphatic heterocycles. The van der Waals surface area contributed by atoms with Gasteiger partial charge in [0.2, 0.25) is 0 Å². The van der Waals surface area contributed by atoms with Crippen LogP contribution in [0.1, 0.15) is 34.8 Å². The van der Waals surface area contributed by atoms with Crippen molar-refractivity contribution in [1.82, 2.24) is 5.32 Å². The predicted octanol–water partition coefficient (Wildman–Crippen LogP) is 4.34. The summed E-state index contributed by atoms with van der Waals surface area (Å²) >= 11 is 0. The highest BCUT2D eigenvalue weighted by atomic mass is 16.5. The van der Waals surface area contributed by atoms with Crippen LogP contribution in [0, 0.1) is 18.3 Å². The first-order chi connectivity index (χ1) is 18.0. The summed E-state index contributed by atoms with van der Waals surface area (Å²) in [6.45, 7) is 8.62. The van der Waals surface area contributed by atoms with E-state index < -0.39 is 0 Å². The number of carbonyl (C=O) groups excluding carboxylic acids is 1. The van der Waals surface area contributed by atoms with E-state index in [0.717, 1.165) is 66.4 Å². The monoisotopic (exact) mass is 497 g/mol. The highest BCUT2D eigenvalue weighted by molar-refractivity contribution is 6.01. The summed E-state index contributed by atoms with van der Waals surface area (Å²) in [5.41, 5.74) is 11.8. The highest BCUT2D eigenvalue weighted by Gasteiger charge is 2.24. The normalized spacial score (nSPS) is 13.2. The number of nitriles is 1. The fraction of sp³-hybridized carbons (Fsp3) is 0.333. The van der Waals surface area contributed by atoms with Crippen molar-refractivity contribution in [2.24, 2.45) is 5.73 Å². The van der Waals surface area contributed by atoms with Crippen molar-refractivity contribution in [3.63, 3.8) is 0 Å². The maximum Gasteiger partial charge on any atom is 0.253 e. The number of nitrogens with zero attached hydrogens (tertiary/aromatic N) is 3. The Labute approximate surface area is 219 Å². The minimum atomic E-state index is -0.105.